The van der Waals surface area contributed by atoms with Gasteiger partial charge >= 0.3 is 0 Å². The maximum Gasteiger partial charge on any atom is 0.272 e. The molecule has 4 aromatic carbocycles. The summed E-state index contributed by atoms with van der Waals surface area (Å²) in [5, 5.41) is 13.0. The molecule has 0 spiro atoms. The van der Waals surface area contributed by atoms with E-state index in [0.29, 0.717) is 21.8 Å². The molecule has 0 aliphatic heterocycles. The Kier molecular flexibility index (Phi) is 9.86. The largest absolute Gasteiger partial charge is 0.325 e. The van der Waals surface area contributed by atoms with E-state index >= 15 is 0 Å². The zero-order chi connectivity index (χ0) is 30.1. The molecule has 0 bridgehead atoms. The maximum absolute atomic E-state index is 14.4. The highest BCUT2D eigenvalue weighted by Crippen LogP contribution is 2.23. The van der Waals surface area contributed by atoms with Crippen molar-refractivity contribution in [3.63, 3.8) is 0 Å². The molecule has 0 atom stereocenters. The second kappa shape index (κ2) is 13.7. The van der Waals surface area contributed by atoms with Gasteiger partial charge in [0.05, 0.1) is 10.6 Å². The Balaban J connectivity index is 1.43. The number of hydrogen-bond donors (Lipinski definition) is 4. The monoisotopic (exact) mass is 604 g/mol. The predicted octanol–water partition coefficient (Wildman–Crippen LogP) is 4.61. The van der Waals surface area contributed by atoms with Crippen molar-refractivity contribution in [1.82, 2.24) is 5.32 Å². The average molecular weight is 605 g/mol. The van der Waals surface area contributed by atoms with Crippen molar-refractivity contribution in [2.75, 3.05) is 16.4 Å². The van der Waals surface area contributed by atoms with Crippen LogP contribution in [0.5, 0.6) is 0 Å². The Bertz CT molecular complexity index is 1750. The summed E-state index contributed by atoms with van der Waals surface area (Å²) in [7, 11) is -3.84. The number of halogens is 1. The molecule has 42 heavy (non-hydrogen) atoms. The molecular formula is C30H25FN4O5S2. The van der Waals surface area contributed by atoms with Gasteiger partial charge in [-0.1, -0.05) is 42.5 Å². The third kappa shape index (κ3) is 8.61. The Hall–Kier alpha value is -4.78. The second-order valence-electron chi connectivity index (χ2n) is 8.79. The maximum atomic E-state index is 14.4. The number of amides is 3. The number of carbonyl (C=O) groups is 3. The Labute approximate surface area is 246 Å². The quantitative estimate of drug-likeness (QED) is 0.154. The van der Waals surface area contributed by atoms with E-state index in [-0.39, 0.29) is 27.8 Å². The fraction of sp³-hybridized carbons (Fsp3) is 0.0333. The minimum Gasteiger partial charge on any atom is -0.325 e. The van der Waals surface area contributed by atoms with Crippen LogP contribution in [0.4, 0.5) is 15.8 Å². The zero-order valence-electron chi connectivity index (χ0n) is 21.9. The topological polar surface area (TPSA) is 147 Å². The molecule has 0 saturated heterocycles. The number of nitrogens with one attached hydrogen (secondary N) is 3. The number of hydrogen-bond acceptors (Lipinski definition) is 6. The molecule has 0 aromatic heterocycles. The van der Waals surface area contributed by atoms with E-state index in [1.165, 1.54) is 60.3 Å². The van der Waals surface area contributed by atoms with Crippen molar-refractivity contribution in [2.45, 2.75) is 9.79 Å². The first kappa shape index (κ1) is 30.2. The predicted molar refractivity (Wildman–Crippen MR) is 161 cm³/mol. The van der Waals surface area contributed by atoms with E-state index in [1.54, 1.807) is 60.7 Å². The first-order valence-corrected chi connectivity index (χ1v) is 14.9. The van der Waals surface area contributed by atoms with Crippen LogP contribution >= 0.6 is 11.8 Å². The van der Waals surface area contributed by atoms with Gasteiger partial charge in [-0.15, -0.1) is 11.8 Å². The van der Waals surface area contributed by atoms with Crippen LogP contribution in [0.2, 0.25) is 0 Å². The standard InChI is InChI=1S/C30H25FN4O5S2/c31-26-12-5-4-9-21(26)17-27(35-29(37)20-7-2-1-3-8-20)30(38)34-23-10-6-11-24(18-23)41-19-28(36)33-22-13-15-25(16-14-22)42(32,39)40/h1-18H,19H2,(H,33,36)(H,34,38)(H,35,37)(H2,32,39,40)/b27-17-. The molecule has 12 heteroatoms. The molecule has 9 nitrogen and oxygen atoms in total. The van der Waals surface area contributed by atoms with Crippen LogP contribution in [0.3, 0.4) is 0 Å². The van der Waals surface area contributed by atoms with Crippen LogP contribution in [0, 0.1) is 5.82 Å². The molecule has 214 valence electrons. The van der Waals surface area contributed by atoms with Gasteiger partial charge in [0.25, 0.3) is 11.8 Å². The van der Waals surface area contributed by atoms with E-state index in [1.807, 2.05) is 0 Å². The lowest BCUT2D eigenvalue weighted by atomic mass is 10.1. The Morgan fingerprint density at radius 3 is 2.19 bits per heavy atom. The zero-order valence-corrected chi connectivity index (χ0v) is 23.5. The first-order chi connectivity index (χ1) is 20.1. The lowest BCUT2D eigenvalue weighted by Gasteiger charge is -2.12. The Morgan fingerprint density at radius 2 is 1.50 bits per heavy atom. The van der Waals surface area contributed by atoms with Crippen molar-refractivity contribution >= 4 is 57.0 Å². The van der Waals surface area contributed by atoms with Crippen molar-refractivity contribution in [3.05, 3.63) is 126 Å². The summed E-state index contributed by atoms with van der Waals surface area (Å²) < 4.78 is 37.1. The fourth-order valence-electron chi connectivity index (χ4n) is 3.63. The average Bonchev–Trinajstić information content (AvgIpc) is 2.97. The van der Waals surface area contributed by atoms with Gasteiger partial charge in [-0.3, -0.25) is 14.4 Å². The highest BCUT2D eigenvalue weighted by Gasteiger charge is 2.16. The SMILES string of the molecule is NS(=O)(=O)c1ccc(NC(=O)CSc2cccc(NC(=O)/C(=C/c3ccccc3F)NC(=O)c3ccccc3)c2)cc1. The third-order valence-electron chi connectivity index (χ3n) is 5.66. The lowest BCUT2D eigenvalue weighted by molar-refractivity contribution is -0.114. The van der Waals surface area contributed by atoms with Gasteiger partial charge in [0, 0.05) is 27.4 Å². The number of carbonyl (C=O) groups excluding carboxylic acids is 3. The molecule has 0 aliphatic rings. The van der Waals surface area contributed by atoms with Crippen molar-refractivity contribution in [1.29, 1.82) is 0 Å². The highest BCUT2D eigenvalue weighted by molar-refractivity contribution is 8.00. The van der Waals surface area contributed by atoms with E-state index in [4.69, 9.17) is 5.14 Å². The number of anilines is 2. The van der Waals surface area contributed by atoms with Crippen LogP contribution in [0.1, 0.15) is 15.9 Å². The third-order valence-corrected chi connectivity index (χ3v) is 7.59. The minimum absolute atomic E-state index is 0.0277. The lowest BCUT2D eigenvalue weighted by Crippen LogP contribution is -2.30. The summed E-state index contributed by atoms with van der Waals surface area (Å²) in [4.78, 5) is 39.0. The van der Waals surface area contributed by atoms with Crippen molar-refractivity contribution in [2.24, 2.45) is 5.14 Å². The van der Waals surface area contributed by atoms with Crippen LogP contribution < -0.4 is 21.1 Å². The molecule has 0 saturated carbocycles. The molecule has 5 N–H and O–H groups in total. The number of primary sulfonamides is 1. The number of nitrogens with two attached hydrogens (primary N) is 1. The number of sulfonamides is 1. The van der Waals surface area contributed by atoms with Gasteiger partial charge in [-0.25, -0.2) is 17.9 Å². The molecule has 0 heterocycles. The number of benzene rings is 4. The van der Waals surface area contributed by atoms with E-state index in [9.17, 15) is 27.2 Å². The van der Waals surface area contributed by atoms with Gasteiger partial charge in [0.1, 0.15) is 11.5 Å². The van der Waals surface area contributed by atoms with Crippen LogP contribution in [-0.2, 0) is 19.6 Å². The molecule has 0 aliphatic carbocycles. The summed E-state index contributed by atoms with van der Waals surface area (Å²) in [5.41, 5.74) is 1.06. The van der Waals surface area contributed by atoms with Crippen LogP contribution in [0.15, 0.2) is 119 Å². The van der Waals surface area contributed by atoms with E-state index < -0.39 is 27.7 Å². The van der Waals surface area contributed by atoms with Crippen molar-refractivity contribution < 1.29 is 27.2 Å². The van der Waals surface area contributed by atoms with Crippen LogP contribution in [-0.4, -0.2) is 31.9 Å². The Morgan fingerprint density at radius 1 is 0.810 bits per heavy atom. The summed E-state index contributed by atoms with van der Waals surface area (Å²) in [5.74, 6) is -2.08. The van der Waals surface area contributed by atoms with Gasteiger partial charge < -0.3 is 16.0 Å². The highest BCUT2D eigenvalue weighted by atomic mass is 32.2. The molecule has 3 amide bonds. The van der Waals surface area contributed by atoms with Gasteiger partial charge in [-0.2, -0.15) is 0 Å². The summed E-state index contributed by atoms with van der Waals surface area (Å²) in [6.07, 6.45) is 1.25. The number of rotatable bonds is 10. The number of thioether (sulfide) groups is 1. The smallest absolute Gasteiger partial charge is 0.272 e. The molecule has 4 rings (SSSR count). The fourth-order valence-corrected chi connectivity index (χ4v) is 4.90. The minimum atomic E-state index is -3.84. The van der Waals surface area contributed by atoms with Gasteiger partial charge in [0.15, 0.2) is 0 Å². The molecule has 0 fully saturated rings. The summed E-state index contributed by atoms with van der Waals surface area (Å²) in [6, 6.07) is 26.3. The first-order valence-electron chi connectivity index (χ1n) is 12.4. The summed E-state index contributed by atoms with van der Waals surface area (Å²) >= 11 is 1.20. The summed E-state index contributed by atoms with van der Waals surface area (Å²) in [6.45, 7) is 0. The van der Waals surface area contributed by atoms with Gasteiger partial charge in [0.2, 0.25) is 15.9 Å². The van der Waals surface area contributed by atoms with E-state index in [0.717, 1.165) is 0 Å². The van der Waals surface area contributed by atoms with Crippen molar-refractivity contribution in [3.8, 4) is 0 Å². The normalized spacial score (nSPS) is 11.4. The molecule has 0 unspecified atom stereocenters. The molecular weight excluding hydrogens is 579 g/mol. The second-order valence-corrected chi connectivity index (χ2v) is 11.4. The van der Waals surface area contributed by atoms with Crippen LogP contribution in [0.25, 0.3) is 6.08 Å². The van der Waals surface area contributed by atoms with Gasteiger partial charge in [-0.05, 0) is 66.7 Å². The van der Waals surface area contributed by atoms with E-state index in [2.05, 4.69) is 16.0 Å². The molecule has 0 radical (unpaired) electrons. The molecule has 4 aromatic rings.